The lowest BCUT2D eigenvalue weighted by Gasteiger charge is -2.37. The Hall–Kier alpha value is -6.67. The van der Waals surface area contributed by atoms with Crippen LogP contribution in [0, 0.1) is 29.2 Å². The Morgan fingerprint density at radius 3 is 1.71 bits per heavy atom. The number of benzene rings is 4. The molecule has 1 amide bonds. The third kappa shape index (κ3) is 26.9. The summed E-state index contributed by atoms with van der Waals surface area (Å²) in [6.45, 7) is 14.4. The first-order valence-corrected chi connectivity index (χ1v) is 32.7. The second-order valence-electron chi connectivity index (χ2n) is 21.1. The van der Waals surface area contributed by atoms with E-state index in [1.54, 1.807) is 25.3 Å². The average molecular weight is 1330 g/mol. The number of nitrogens with zero attached hydrogens (tertiary/aromatic N) is 4. The van der Waals surface area contributed by atoms with Crippen LogP contribution in [0.5, 0.6) is 11.5 Å². The smallest absolute Gasteiger partial charge is 0.313 e. The van der Waals surface area contributed by atoms with Crippen LogP contribution in [-0.4, -0.2) is 226 Å². The molecule has 1 fully saturated rings. The average Bonchev–Trinajstić information content (AvgIpc) is 1.16. The number of methoxy groups -OCH3 is 1. The predicted octanol–water partition coefficient (Wildman–Crippen LogP) is 6.51. The summed E-state index contributed by atoms with van der Waals surface area (Å²) in [5.74, 6) is -7.83. The SMILES string of the molecule is CCCN(CCc1ccc(OC)cc1)C(=O)C1=Cc2ccc(-c3cccc(S(=O)(=O)N4CC(CN=C(NCC)NCCOCCOCCOCCOCCOCCOCCOCCOCCOCCOCCC(=O)Oc5c(F)c(F)cc(F)c5F)C4)c3)cc2N=C(N)C1. The highest BCUT2D eigenvalue weighted by atomic mass is 32.2. The number of esters is 1. The van der Waals surface area contributed by atoms with Crippen molar-refractivity contribution in [3.63, 3.8) is 0 Å². The van der Waals surface area contributed by atoms with E-state index in [-0.39, 0.29) is 55.6 Å². The Bertz CT molecular complexity index is 3080. The number of ether oxygens (including phenoxy) is 12. The zero-order chi connectivity index (χ0) is 66.5. The van der Waals surface area contributed by atoms with Crippen LogP contribution in [0.1, 0.15) is 44.2 Å². The van der Waals surface area contributed by atoms with Gasteiger partial charge in [0.25, 0.3) is 0 Å². The van der Waals surface area contributed by atoms with Gasteiger partial charge in [0.2, 0.25) is 33.3 Å². The molecule has 6 rings (SSSR count). The molecule has 0 unspecified atom stereocenters. The molecule has 23 nitrogen and oxygen atoms in total. The van der Waals surface area contributed by atoms with Crippen molar-refractivity contribution in [2.75, 3.05) is 185 Å². The van der Waals surface area contributed by atoms with Crippen LogP contribution in [0.25, 0.3) is 17.2 Å². The van der Waals surface area contributed by atoms with Crippen LogP contribution in [0.4, 0.5) is 23.2 Å². The molecule has 0 aromatic heterocycles. The number of sulfonamides is 1. The minimum absolute atomic E-state index is 0.0147. The molecule has 514 valence electrons. The van der Waals surface area contributed by atoms with Crippen molar-refractivity contribution in [3.8, 4) is 22.6 Å². The maximum atomic E-state index is 14.0. The van der Waals surface area contributed by atoms with E-state index >= 15 is 0 Å². The molecule has 0 saturated carbocycles. The fourth-order valence-electron chi connectivity index (χ4n) is 9.22. The Morgan fingerprint density at radius 2 is 1.18 bits per heavy atom. The normalized spacial score (nSPS) is 13.6. The van der Waals surface area contributed by atoms with E-state index in [0.717, 1.165) is 28.9 Å². The number of hydrogen-bond acceptors (Lipinski definition) is 19. The van der Waals surface area contributed by atoms with Gasteiger partial charge in [-0.15, -0.1) is 0 Å². The summed E-state index contributed by atoms with van der Waals surface area (Å²) in [6, 6.07) is 20.5. The van der Waals surface area contributed by atoms with E-state index in [2.05, 4.69) is 15.4 Å². The number of amidine groups is 1. The molecule has 4 aromatic rings. The van der Waals surface area contributed by atoms with Gasteiger partial charge >= 0.3 is 5.97 Å². The molecule has 0 bridgehead atoms. The monoisotopic (exact) mass is 1330 g/mol. The fraction of sp³-hybridized carbons (Fsp3) is 0.538. The van der Waals surface area contributed by atoms with Crippen molar-refractivity contribution in [1.29, 1.82) is 0 Å². The Kier molecular flexibility index (Phi) is 34.5. The first kappa shape index (κ1) is 75.4. The Morgan fingerprint density at radius 1 is 0.656 bits per heavy atom. The zero-order valence-electron chi connectivity index (χ0n) is 53.3. The highest BCUT2D eigenvalue weighted by Crippen LogP contribution is 2.34. The number of halogens is 4. The van der Waals surface area contributed by atoms with Gasteiger partial charge in [0.15, 0.2) is 17.6 Å². The lowest BCUT2D eigenvalue weighted by Crippen LogP contribution is -2.51. The molecule has 2 heterocycles. The highest BCUT2D eigenvalue weighted by Gasteiger charge is 2.37. The van der Waals surface area contributed by atoms with Crippen molar-refractivity contribution in [2.45, 2.75) is 44.4 Å². The third-order valence-electron chi connectivity index (χ3n) is 14.1. The van der Waals surface area contributed by atoms with Gasteiger partial charge in [-0.3, -0.25) is 14.6 Å². The van der Waals surface area contributed by atoms with E-state index in [1.165, 1.54) is 4.31 Å². The maximum absolute atomic E-state index is 14.0. The van der Waals surface area contributed by atoms with E-state index in [4.69, 9.17) is 67.8 Å². The van der Waals surface area contributed by atoms with Gasteiger partial charge in [0, 0.05) is 75.4 Å². The summed E-state index contributed by atoms with van der Waals surface area (Å²) in [5.41, 5.74) is 10.9. The van der Waals surface area contributed by atoms with Gasteiger partial charge < -0.3 is 78.1 Å². The molecule has 0 radical (unpaired) electrons. The summed E-state index contributed by atoms with van der Waals surface area (Å²) in [7, 11) is -2.14. The van der Waals surface area contributed by atoms with Gasteiger partial charge in [-0.25, -0.2) is 22.2 Å². The molecule has 0 spiro atoms. The second kappa shape index (κ2) is 42.6. The largest absolute Gasteiger partial charge is 0.497 e. The first-order chi connectivity index (χ1) is 45.2. The molecule has 2 aliphatic heterocycles. The molecule has 1 saturated heterocycles. The number of carbonyl (C=O) groups excluding carboxylic acids is 2. The number of nitrogens with two attached hydrogens (primary N) is 1. The second-order valence-corrected chi connectivity index (χ2v) is 23.1. The summed E-state index contributed by atoms with van der Waals surface area (Å²) in [5, 5.41) is 6.50. The zero-order valence-corrected chi connectivity index (χ0v) is 54.1. The third-order valence-corrected chi connectivity index (χ3v) is 15.9. The molecule has 0 aliphatic carbocycles. The number of hydrogen-bond donors (Lipinski definition) is 3. The number of carbonyl (C=O) groups is 2. The number of aliphatic imine (C=N–C) groups is 2. The van der Waals surface area contributed by atoms with Crippen molar-refractivity contribution in [1.82, 2.24) is 19.8 Å². The summed E-state index contributed by atoms with van der Waals surface area (Å²) < 4.78 is 147. The lowest BCUT2D eigenvalue weighted by molar-refractivity contribution is -0.136. The maximum Gasteiger partial charge on any atom is 0.313 e. The number of fused-ring (bicyclic) bond motifs is 1. The number of guanidine groups is 1. The van der Waals surface area contributed by atoms with Crippen molar-refractivity contribution < 1.29 is 92.4 Å². The van der Waals surface area contributed by atoms with Crippen molar-refractivity contribution >= 4 is 45.5 Å². The van der Waals surface area contributed by atoms with Crippen LogP contribution < -0.4 is 25.8 Å². The molecule has 2 aliphatic rings. The quantitative estimate of drug-likeness (QED) is 0.00809. The molecule has 4 N–H and O–H groups in total. The van der Waals surface area contributed by atoms with Gasteiger partial charge in [-0.2, -0.15) is 13.1 Å². The molecule has 93 heavy (non-hydrogen) atoms. The van der Waals surface area contributed by atoms with Crippen molar-refractivity contribution in [2.24, 2.45) is 21.6 Å². The molecular formula is C65H89F4N7O16S. The van der Waals surface area contributed by atoms with Crippen LogP contribution in [0.15, 0.2) is 93.2 Å². The van der Waals surface area contributed by atoms with E-state index < -0.39 is 51.4 Å². The van der Waals surface area contributed by atoms with Gasteiger partial charge in [0.1, 0.15) is 11.6 Å². The number of amides is 1. The van der Waals surface area contributed by atoms with Gasteiger partial charge in [-0.05, 0) is 72.9 Å². The van der Waals surface area contributed by atoms with Crippen LogP contribution >= 0.6 is 0 Å². The van der Waals surface area contributed by atoms with E-state index in [0.29, 0.717) is 187 Å². The van der Waals surface area contributed by atoms with Crippen LogP contribution in [0.2, 0.25) is 0 Å². The fourth-order valence-corrected chi connectivity index (χ4v) is 10.9. The number of nitrogens with one attached hydrogen (secondary N) is 2. The van der Waals surface area contributed by atoms with Crippen LogP contribution in [-0.2, 0) is 73.4 Å². The first-order valence-electron chi connectivity index (χ1n) is 31.2. The Balaban J connectivity index is 0.711. The van der Waals surface area contributed by atoms with E-state index in [9.17, 15) is 35.6 Å². The predicted molar refractivity (Wildman–Crippen MR) is 340 cm³/mol. The molecular weight excluding hydrogens is 1240 g/mol. The van der Waals surface area contributed by atoms with Gasteiger partial charge in [0.05, 0.1) is 156 Å². The lowest BCUT2D eigenvalue weighted by atomic mass is 10.0. The highest BCUT2D eigenvalue weighted by molar-refractivity contribution is 7.89. The van der Waals surface area contributed by atoms with Gasteiger partial charge in [-0.1, -0.05) is 43.3 Å². The summed E-state index contributed by atoms with van der Waals surface area (Å²) >= 11 is 0. The van der Waals surface area contributed by atoms with Crippen molar-refractivity contribution in [3.05, 3.63) is 113 Å². The molecule has 4 aromatic carbocycles. The minimum Gasteiger partial charge on any atom is -0.497 e. The van der Waals surface area contributed by atoms with Crippen LogP contribution in [0.3, 0.4) is 0 Å². The standard InChI is InChI=1S/C65H89F4N7O16S/c1-4-18-75(19-15-48-9-13-54(81-3)14-10-48)64(78)53-40-52-12-11-51(42-58(52)74-59(70)43-53)50-7-6-8-55(41-50)93(79,80)76-46-49(47-76)45-73-65(71-5-2)72-17-21-83-23-25-85-27-29-87-31-33-89-35-37-91-39-38-90-36-34-88-32-30-86-28-26-84-24-22-82-20-16-60(77)92-63-61(68)56(66)44-57(67)62(63)69/h6-14,40-42,44,49H,4-5,15-39,43,45-47H2,1-3H3,(H2,70,74)(H2,71,72,73). The minimum atomic E-state index is -3.77. The summed E-state index contributed by atoms with van der Waals surface area (Å²) in [6.07, 6.45) is 3.17. The summed E-state index contributed by atoms with van der Waals surface area (Å²) in [4.78, 5) is 37.2. The molecule has 28 heteroatoms. The van der Waals surface area contributed by atoms with E-state index in [1.807, 2.05) is 73.4 Å². The number of rotatable bonds is 47. The topological polar surface area (TPSA) is 260 Å². The Labute approximate surface area is 542 Å². The molecule has 0 atom stereocenters.